The first-order chi connectivity index (χ1) is 7.29. The third kappa shape index (κ3) is 2.92. The van der Waals surface area contributed by atoms with E-state index in [0.717, 1.165) is 12.8 Å². The van der Waals surface area contributed by atoms with E-state index in [4.69, 9.17) is 5.73 Å². The second kappa shape index (κ2) is 5.28. The highest BCUT2D eigenvalue weighted by Gasteiger charge is 2.29. The zero-order chi connectivity index (χ0) is 10.7. The number of hydrogen-bond donors (Lipinski definition) is 3. The molecule has 4 N–H and O–H groups in total. The summed E-state index contributed by atoms with van der Waals surface area (Å²) < 4.78 is 0. The molecule has 4 atom stereocenters. The largest absolute Gasteiger partial charge is 0.396 e. The van der Waals surface area contributed by atoms with Gasteiger partial charge in [0, 0.05) is 24.7 Å². The summed E-state index contributed by atoms with van der Waals surface area (Å²) in [5.74, 6) is 0.482. The summed E-state index contributed by atoms with van der Waals surface area (Å²) in [7, 11) is 0. The quantitative estimate of drug-likeness (QED) is 0.654. The SMILES string of the molecule is NC1CCC(NC2CCCCC2CO)C1. The van der Waals surface area contributed by atoms with Crippen molar-refractivity contribution in [2.45, 2.75) is 63.1 Å². The Hall–Kier alpha value is -0.120. The van der Waals surface area contributed by atoms with Crippen LogP contribution in [0.2, 0.25) is 0 Å². The van der Waals surface area contributed by atoms with Gasteiger partial charge in [0.25, 0.3) is 0 Å². The van der Waals surface area contributed by atoms with Gasteiger partial charge in [0.05, 0.1) is 0 Å². The van der Waals surface area contributed by atoms with E-state index in [2.05, 4.69) is 5.32 Å². The summed E-state index contributed by atoms with van der Waals surface area (Å²) in [6, 6.07) is 1.55. The molecule has 88 valence electrons. The average Bonchev–Trinajstić information content (AvgIpc) is 2.65. The lowest BCUT2D eigenvalue weighted by Crippen LogP contribution is -2.45. The van der Waals surface area contributed by atoms with Gasteiger partial charge in [-0.3, -0.25) is 0 Å². The van der Waals surface area contributed by atoms with Gasteiger partial charge in [-0.1, -0.05) is 12.8 Å². The van der Waals surface area contributed by atoms with E-state index in [9.17, 15) is 5.11 Å². The predicted molar refractivity (Wildman–Crippen MR) is 61.6 cm³/mol. The second-order valence-electron chi connectivity index (χ2n) is 5.27. The molecular weight excluding hydrogens is 188 g/mol. The van der Waals surface area contributed by atoms with Gasteiger partial charge in [-0.2, -0.15) is 0 Å². The minimum absolute atomic E-state index is 0.344. The Bertz CT molecular complexity index is 198. The lowest BCUT2D eigenvalue weighted by atomic mass is 9.84. The fourth-order valence-electron chi connectivity index (χ4n) is 3.12. The van der Waals surface area contributed by atoms with Crippen molar-refractivity contribution in [2.75, 3.05) is 6.61 Å². The van der Waals surface area contributed by atoms with Crippen LogP contribution in [-0.4, -0.2) is 29.8 Å². The van der Waals surface area contributed by atoms with Crippen molar-refractivity contribution in [3.63, 3.8) is 0 Å². The zero-order valence-corrected chi connectivity index (χ0v) is 9.49. The van der Waals surface area contributed by atoms with Crippen molar-refractivity contribution in [1.82, 2.24) is 5.32 Å². The van der Waals surface area contributed by atoms with E-state index in [1.165, 1.54) is 32.1 Å². The summed E-state index contributed by atoms with van der Waals surface area (Å²) in [5.41, 5.74) is 5.91. The predicted octanol–water partition coefficient (Wildman–Crippen LogP) is 1.01. The number of nitrogens with one attached hydrogen (secondary N) is 1. The standard InChI is InChI=1S/C12H24N2O/c13-10-5-6-11(7-10)14-12-4-2-1-3-9(12)8-15/h9-12,14-15H,1-8,13H2. The zero-order valence-electron chi connectivity index (χ0n) is 9.49. The molecular formula is C12H24N2O. The summed E-state index contributed by atoms with van der Waals surface area (Å²) in [4.78, 5) is 0. The van der Waals surface area contributed by atoms with Crippen LogP contribution in [0.15, 0.2) is 0 Å². The van der Waals surface area contributed by atoms with Gasteiger partial charge in [0.15, 0.2) is 0 Å². The molecule has 2 aliphatic rings. The van der Waals surface area contributed by atoms with Crippen molar-refractivity contribution in [3.8, 4) is 0 Å². The van der Waals surface area contributed by atoms with Gasteiger partial charge in [0.1, 0.15) is 0 Å². The Balaban J connectivity index is 1.81. The molecule has 0 spiro atoms. The molecule has 0 saturated heterocycles. The first kappa shape index (κ1) is 11.4. The maximum atomic E-state index is 9.32. The van der Waals surface area contributed by atoms with E-state index in [1.807, 2.05) is 0 Å². The van der Waals surface area contributed by atoms with Crippen molar-refractivity contribution in [3.05, 3.63) is 0 Å². The molecule has 2 fully saturated rings. The van der Waals surface area contributed by atoms with Crippen LogP contribution in [0.3, 0.4) is 0 Å². The lowest BCUT2D eigenvalue weighted by Gasteiger charge is -2.33. The third-order valence-corrected chi connectivity index (χ3v) is 4.07. The molecule has 0 aliphatic heterocycles. The molecule has 2 aliphatic carbocycles. The third-order valence-electron chi connectivity index (χ3n) is 4.07. The Morgan fingerprint density at radius 1 is 1.13 bits per heavy atom. The first-order valence-corrected chi connectivity index (χ1v) is 6.42. The van der Waals surface area contributed by atoms with Crippen LogP contribution < -0.4 is 11.1 Å². The fraction of sp³-hybridized carbons (Fsp3) is 1.00. The minimum Gasteiger partial charge on any atom is -0.396 e. The molecule has 0 radical (unpaired) electrons. The Morgan fingerprint density at radius 2 is 1.93 bits per heavy atom. The average molecular weight is 212 g/mol. The van der Waals surface area contributed by atoms with Crippen LogP contribution in [0.5, 0.6) is 0 Å². The normalized spacial score (nSPS) is 42.0. The summed E-state index contributed by atoms with van der Waals surface area (Å²) >= 11 is 0. The molecule has 0 aromatic heterocycles. The highest BCUT2D eigenvalue weighted by atomic mass is 16.3. The van der Waals surface area contributed by atoms with E-state index in [-0.39, 0.29) is 0 Å². The topological polar surface area (TPSA) is 58.3 Å². The molecule has 0 aromatic rings. The van der Waals surface area contributed by atoms with Crippen LogP contribution >= 0.6 is 0 Å². The maximum Gasteiger partial charge on any atom is 0.0474 e. The highest BCUT2D eigenvalue weighted by molar-refractivity contribution is 4.88. The number of aliphatic hydroxyl groups excluding tert-OH is 1. The molecule has 4 unspecified atom stereocenters. The Labute approximate surface area is 92.4 Å². The van der Waals surface area contributed by atoms with Gasteiger partial charge in [-0.15, -0.1) is 0 Å². The second-order valence-corrected chi connectivity index (χ2v) is 5.27. The smallest absolute Gasteiger partial charge is 0.0474 e. The molecule has 0 amide bonds. The molecule has 0 bridgehead atoms. The van der Waals surface area contributed by atoms with Crippen LogP contribution in [0.4, 0.5) is 0 Å². The lowest BCUT2D eigenvalue weighted by molar-refractivity contribution is 0.146. The molecule has 0 aromatic carbocycles. The molecule has 2 rings (SSSR count). The van der Waals surface area contributed by atoms with E-state index < -0.39 is 0 Å². The molecule has 3 nitrogen and oxygen atoms in total. The van der Waals surface area contributed by atoms with E-state index in [0.29, 0.717) is 30.7 Å². The number of nitrogens with two attached hydrogens (primary N) is 1. The molecule has 0 heterocycles. The maximum absolute atomic E-state index is 9.32. The van der Waals surface area contributed by atoms with Crippen molar-refractivity contribution < 1.29 is 5.11 Å². The van der Waals surface area contributed by atoms with Gasteiger partial charge >= 0.3 is 0 Å². The van der Waals surface area contributed by atoms with Gasteiger partial charge in [-0.05, 0) is 38.0 Å². The summed E-state index contributed by atoms with van der Waals surface area (Å²) in [6.45, 7) is 0.344. The monoisotopic (exact) mass is 212 g/mol. The number of hydrogen-bond acceptors (Lipinski definition) is 3. The minimum atomic E-state index is 0.344. The number of aliphatic hydroxyl groups is 1. The molecule has 3 heteroatoms. The number of rotatable bonds is 3. The Kier molecular flexibility index (Phi) is 4.00. The Morgan fingerprint density at radius 3 is 2.60 bits per heavy atom. The summed E-state index contributed by atoms with van der Waals surface area (Å²) in [6.07, 6.45) is 8.52. The molecule has 15 heavy (non-hydrogen) atoms. The van der Waals surface area contributed by atoms with Crippen LogP contribution in [0.25, 0.3) is 0 Å². The summed E-state index contributed by atoms with van der Waals surface area (Å²) in [5, 5.41) is 13.0. The van der Waals surface area contributed by atoms with Gasteiger partial charge in [-0.25, -0.2) is 0 Å². The fourth-order valence-corrected chi connectivity index (χ4v) is 3.12. The van der Waals surface area contributed by atoms with Crippen LogP contribution in [-0.2, 0) is 0 Å². The van der Waals surface area contributed by atoms with Crippen molar-refractivity contribution >= 4 is 0 Å². The molecule has 2 saturated carbocycles. The van der Waals surface area contributed by atoms with Crippen molar-refractivity contribution in [1.29, 1.82) is 0 Å². The van der Waals surface area contributed by atoms with E-state index in [1.54, 1.807) is 0 Å². The van der Waals surface area contributed by atoms with Gasteiger partial charge < -0.3 is 16.2 Å². The van der Waals surface area contributed by atoms with Crippen LogP contribution in [0.1, 0.15) is 44.9 Å². The van der Waals surface area contributed by atoms with Crippen LogP contribution in [0, 0.1) is 5.92 Å². The van der Waals surface area contributed by atoms with E-state index >= 15 is 0 Å². The highest BCUT2D eigenvalue weighted by Crippen LogP contribution is 2.26. The first-order valence-electron chi connectivity index (χ1n) is 6.42. The van der Waals surface area contributed by atoms with Crippen molar-refractivity contribution in [2.24, 2.45) is 11.7 Å². The van der Waals surface area contributed by atoms with Gasteiger partial charge in [0.2, 0.25) is 0 Å².